The third kappa shape index (κ3) is 4.47. The lowest BCUT2D eigenvalue weighted by atomic mass is 10.1. The van der Waals surface area contributed by atoms with E-state index in [1.165, 1.54) is 10.4 Å². The van der Waals surface area contributed by atoms with Gasteiger partial charge in [-0.3, -0.25) is 4.57 Å². The molecule has 0 atom stereocenters. The van der Waals surface area contributed by atoms with Crippen LogP contribution in [0.3, 0.4) is 0 Å². The average molecular weight is 441 g/mol. The molecule has 0 aliphatic carbocycles. The number of aromatic nitrogens is 4. The molecule has 1 aromatic carbocycles. The van der Waals surface area contributed by atoms with Gasteiger partial charge in [0, 0.05) is 38.6 Å². The van der Waals surface area contributed by atoms with E-state index in [1.54, 1.807) is 34.4 Å². The summed E-state index contributed by atoms with van der Waals surface area (Å²) in [7, 11) is 0. The van der Waals surface area contributed by atoms with Crippen LogP contribution in [0.1, 0.15) is 50.2 Å². The summed E-state index contributed by atoms with van der Waals surface area (Å²) in [6.07, 6.45) is 0. The van der Waals surface area contributed by atoms with Gasteiger partial charge in [-0.15, -0.1) is 32.9 Å². The lowest BCUT2D eigenvalue weighted by molar-refractivity contribution is 0.555. The molecule has 0 fully saturated rings. The number of hydrogen-bond donors (Lipinski definition) is 0. The number of thiazole rings is 1. The second kappa shape index (κ2) is 8.81. The maximum Gasteiger partial charge on any atom is 0.192 e. The van der Waals surface area contributed by atoms with Gasteiger partial charge in [0.25, 0.3) is 0 Å². The fraction of sp³-hybridized carbons (Fsp3) is 0.318. The molecule has 3 heterocycles. The quantitative estimate of drug-likeness (QED) is 0.287. The molecule has 4 rings (SSSR count). The van der Waals surface area contributed by atoms with Crippen molar-refractivity contribution in [3.8, 4) is 22.0 Å². The fourth-order valence-electron chi connectivity index (χ4n) is 3.04. The molecule has 0 amide bonds. The minimum atomic E-state index is 0.292. The van der Waals surface area contributed by atoms with E-state index in [0.717, 1.165) is 33.0 Å². The lowest BCUT2D eigenvalue weighted by Crippen LogP contribution is -2.04. The zero-order valence-corrected chi connectivity index (χ0v) is 19.4. The Morgan fingerprint density at radius 1 is 0.966 bits per heavy atom. The number of rotatable bonds is 7. The molecule has 0 bridgehead atoms. The molecule has 0 saturated carbocycles. The third-order valence-electron chi connectivity index (χ3n) is 4.55. The molecule has 0 aliphatic rings. The smallest absolute Gasteiger partial charge is 0.192 e. The zero-order chi connectivity index (χ0) is 20.4. The average Bonchev–Trinajstić information content (AvgIpc) is 3.45. The molecule has 150 valence electrons. The number of hydrogen-bond acceptors (Lipinski definition) is 6. The molecular formula is C22H24N4S3. The highest BCUT2D eigenvalue weighted by Crippen LogP contribution is 2.34. The van der Waals surface area contributed by atoms with Gasteiger partial charge in [-0.1, -0.05) is 55.9 Å². The van der Waals surface area contributed by atoms with Crippen LogP contribution in [0.4, 0.5) is 0 Å². The fourth-order valence-corrected chi connectivity index (χ4v) is 5.83. The Hall–Kier alpha value is -1.96. The first-order valence-corrected chi connectivity index (χ1v) is 12.4. The minimum Gasteiger partial charge on any atom is -0.299 e. The summed E-state index contributed by atoms with van der Waals surface area (Å²) in [4.78, 5) is 6.18. The highest BCUT2D eigenvalue weighted by Gasteiger charge is 2.19. The molecule has 7 heteroatoms. The first kappa shape index (κ1) is 20.3. The normalized spacial score (nSPS) is 11.7. The van der Waals surface area contributed by atoms with Crippen molar-refractivity contribution in [3.05, 3.63) is 57.7 Å². The minimum absolute atomic E-state index is 0.292. The maximum atomic E-state index is 4.80. The van der Waals surface area contributed by atoms with Crippen molar-refractivity contribution in [3.63, 3.8) is 0 Å². The van der Waals surface area contributed by atoms with Crippen molar-refractivity contribution in [2.24, 2.45) is 0 Å². The zero-order valence-electron chi connectivity index (χ0n) is 17.0. The van der Waals surface area contributed by atoms with Gasteiger partial charge in [-0.25, -0.2) is 4.98 Å². The Bertz CT molecular complexity index is 1080. The molecule has 29 heavy (non-hydrogen) atoms. The van der Waals surface area contributed by atoms with Crippen molar-refractivity contribution >= 4 is 34.4 Å². The largest absolute Gasteiger partial charge is 0.299 e. The maximum absolute atomic E-state index is 4.80. The molecule has 0 saturated heterocycles. The summed E-state index contributed by atoms with van der Waals surface area (Å²) in [6, 6.07) is 12.9. The summed E-state index contributed by atoms with van der Waals surface area (Å²) >= 11 is 5.19. The van der Waals surface area contributed by atoms with Crippen molar-refractivity contribution in [1.82, 2.24) is 19.7 Å². The van der Waals surface area contributed by atoms with Gasteiger partial charge < -0.3 is 0 Å². The Kier molecular flexibility index (Phi) is 6.18. The SMILES string of the molecule is CC(C)c1cc(-c2nnc(SCc3csc(-c4ccccc4)n3)n2C(C)C)cs1. The Morgan fingerprint density at radius 3 is 2.45 bits per heavy atom. The van der Waals surface area contributed by atoms with E-state index in [-0.39, 0.29) is 0 Å². The molecule has 0 radical (unpaired) electrons. The van der Waals surface area contributed by atoms with Crippen LogP contribution in [-0.2, 0) is 5.75 Å². The van der Waals surface area contributed by atoms with Gasteiger partial charge >= 0.3 is 0 Å². The van der Waals surface area contributed by atoms with Crippen molar-refractivity contribution < 1.29 is 0 Å². The van der Waals surface area contributed by atoms with E-state index >= 15 is 0 Å². The molecule has 4 aromatic rings. The molecule has 3 aromatic heterocycles. The van der Waals surface area contributed by atoms with E-state index in [9.17, 15) is 0 Å². The van der Waals surface area contributed by atoms with Crippen LogP contribution in [0.15, 0.2) is 52.3 Å². The molecule has 0 spiro atoms. The van der Waals surface area contributed by atoms with E-state index in [0.29, 0.717) is 12.0 Å². The predicted molar refractivity (Wildman–Crippen MR) is 125 cm³/mol. The third-order valence-corrected chi connectivity index (χ3v) is 7.70. The van der Waals surface area contributed by atoms with E-state index in [4.69, 9.17) is 4.98 Å². The predicted octanol–water partition coefficient (Wildman–Crippen LogP) is 7.13. The van der Waals surface area contributed by atoms with E-state index in [1.807, 2.05) is 18.2 Å². The molecule has 4 nitrogen and oxygen atoms in total. The summed E-state index contributed by atoms with van der Waals surface area (Å²) in [5.41, 5.74) is 3.41. The van der Waals surface area contributed by atoms with Crippen molar-refractivity contribution in [1.29, 1.82) is 0 Å². The van der Waals surface area contributed by atoms with Gasteiger partial charge in [0.1, 0.15) is 5.01 Å². The lowest BCUT2D eigenvalue weighted by Gasteiger charge is -2.12. The van der Waals surface area contributed by atoms with Gasteiger partial charge in [0.15, 0.2) is 11.0 Å². The van der Waals surface area contributed by atoms with E-state index < -0.39 is 0 Å². The second-order valence-corrected chi connectivity index (χ2v) is 10.2. The topological polar surface area (TPSA) is 43.6 Å². The van der Waals surface area contributed by atoms with Gasteiger partial charge in [0.2, 0.25) is 0 Å². The summed E-state index contributed by atoms with van der Waals surface area (Å²) in [5, 5.41) is 15.4. The summed E-state index contributed by atoms with van der Waals surface area (Å²) < 4.78 is 2.24. The van der Waals surface area contributed by atoms with Crippen molar-refractivity contribution in [2.45, 2.75) is 50.6 Å². The first-order chi connectivity index (χ1) is 14.0. The van der Waals surface area contributed by atoms with Crippen LogP contribution < -0.4 is 0 Å². The number of thiophene rings is 1. The second-order valence-electron chi connectivity index (χ2n) is 7.46. The van der Waals surface area contributed by atoms with Gasteiger partial charge in [-0.05, 0) is 25.8 Å². The summed E-state index contributed by atoms with van der Waals surface area (Å²) in [5.74, 6) is 2.27. The number of thioether (sulfide) groups is 1. The number of benzene rings is 1. The molecular weight excluding hydrogens is 416 g/mol. The molecule has 0 unspecified atom stereocenters. The first-order valence-electron chi connectivity index (χ1n) is 9.69. The summed E-state index contributed by atoms with van der Waals surface area (Å²) in [6.45, 7) is 8.81. The van der Waals surface area contributed by atoms with Crippen LogP contribution in [-0.4, -0.2) is 19.7 Å². The van der Waals surface area contributed by atoms with Gasteiger partial charge in [-0.2, -0.15) is 0 Å². The molecule has 0 aliphatic heterocycles. The number of nitrogens with zero attached hydrogens (tertiary/aromatic N) is 4. The van der Waals surface area contributed by atoms with Crippen LogP contribution in [0.5, 0.6) is 0 Å². The van der Waals surface area contributed by atoms with Gasteiger partial charge in [0.05, 0.1) is 5.69 Å². The Labute approximate surface area is 184 Å². The highest BCUT2D eigenvalue weighted by molar-refractivity contribution is 7.98. The highest BCUT2D eigenvalue weighted by atomic mass is 32.2. The molecule has 0 N–H and O–H groups in total. The van der Waals surface area contributed by atoms with Crippen LogP contribution >= 0.6 is 34.4 Å². The van der Waals surface area contributed by atoms with Crippen LogP contribution in [0, 0.1) is 0 Å². The van der Waals surface area contributed by atoms with E-state index in [2.05, 4.69) is 71.4 Å². The standard InChI is InChI=1S/C22H24N4S3/c1-14(2)19-10-17(11-27-19)20-24-25-22(26(20)15(3)4)29-13-18-12-28-21(23-18)16-8-6-5-7-9-16/h5-12,14-15H,13H2,1-4H3. The van der Waals surface area contributed by atoms with Crippen LogP contribution in [0.2, 0.25) is 0 Å². The monoisotopic (exact) mass is 440 g/mol. The van der Waals surface area contributed by atoms with Crippen molar-refractivity contribution in [2.75, 3.05) is 0 Å². The Morgan fingerprint density at radius 2 is 1.76 bits per heavy atom. The Balaban J connectivity index is 1.53. The van der Waals surface area contributed by atoms with Crippen LogP contribution in [0.25, 0.3) is 22.0 Å².